The Hall–Kier alpha value is -1.94. The molecule has 17 heavy (non-hydrogen) atoms. The number of fused-ring (bicyclic) bond motifs is 1. The molecule has 0 aliphatic heterocycles. The zero-order valence-electron chi connectivity index (χ0n) is 9.13. The Kier molecular flexibility index (Phi) is 2.49. The number of benzene rings is 2. The Balaban J connectivity index is 2.05. The largest absolute Gasteiger partial charge is 0.367 e. The van der Waals surface area contributed by atoms with Crippen LogP contribution in [0.4, 0.5) is 5.95 Å². The fourth-order valence-corrected chi connectivity index (χ4v) is 2.54. The van der Waals surface area contributed by atoms with Gasteiger partial charge >= 0.3 is 0 Å². The molecule has 3 nitrogen and oxygen atoms in total. The molecule has 2 N–H and O–H groups in total. The standard InChI is InChI=1S/C13H11N3S/c14-13-15-12(17-16-13)8-10-6-3-5-9-4-1-2-7-11(9)10/h1-7H,8H2,(H2,14,16). The quantitative estimate of drug-likeness (QED) is 0.750. The number of rotatable bonds is 2. The number of nitrogens with zero attached hydrogens (tertiary/aromatic N) is 2. The van der Waals surface area contributed by atoms with Gasteiger partial charge in [0.15, 0.2) is 0 Å². The minimum Gasteiger partial charge on any atom is -0.367 e. The van der Waals surface area contributed by atoms with E-state index in [9.17, 15) is 0 Å². The molecule has 0 radical (unpaired) electrons. The van der Waals surface area contributed by atoms with Crippen molar-refractivity contribution in [1.82, 2.24) is 9.36 Å². The number of aromatic nitrogens is 2. The van der Waals surface area contributed by atoms with E-state index in [0.29, 0.717) is 5.95 Å². The van der Waals surface area contributed by atoms with Crippen LogP contribution in [0.3, 0.4) is 0 Å². The van der Waals surface area contributed by atoms with Crippen LogP contribution in [0.1, 0.15) is 10.6 Å². The van der Waals surface area contributed by atoms with E-state index >= 15 is 0 Å². The summed E-state index contributed by atoms with van der Waals surface area (Å²) in [7, 11) is 0. The molecule has 3 aromatic rings. The van der Waals surface area contributed by atoms with Gasteiger partial charge in [-0.1, -0.05) is 42.5 Å². The van der Waals surface area contributed by atoms with E-state index in [2.05, 4.69) is 51.8 Å². The maximum atomic E-state index is 5.53. The summed E-state index contributed by atoms with van der Waals surface area (Å²) in [6.45, 7) is 0. The van der Waals surface area contributed by atoms with Crippen molar-refractivity contribution in [3.8, 4) is 0 Å². The molecule has 1 aromatic heterocycles. The van der Waals surface area contributed by atoms with E-state index in [0.717, 1.165) is 11.4 Å². The van der Waals surface area contributed by atoms with Crippen molar-refractivity contribution in [2.75, 3.05) is 5.73 Å². The van der Waals surface area contributed by atoms with E-state index in [1.165, 1.54) is 27.9 Å². The summed E-state index contributed by atoms with van der Waals surface area (Å²) < 4.78 is 4.00. The summed E-state index contributed by atoms with van der Waals surface area (Å²) >= 11 is 1.37. The zero-order chi connectivity index (χ0) is 11.7. The minimum atomic E-state index is 0.366. The van der Waals surface area contributed by atoms with Gasteiger partial charge in [0.2, 0.25) is 5.95 Å². The van der Waals surface area contributed by atoms with Crippen molar-refractivity contribution in [2.24, 2.45) is 0 Å². The van der Waals surface area contributed by atoms with E-state index in [-0.39, 0.29) is 0 Å². The van der Waals surface area contributed by atoms with Gasteiger partial charge in [-0.3, -0.25) is 0 Å². The number of hydrogen-bond acceptors (Lipinski definition) is 4. The van der Waals surface area contributed by atoms with Crippen LogP contribution in [0.15, 0.2) is 42.5 Å². The van der Waals surface area contributed by atoms with Gasteiger partial charge in [-0.2, -0.15) is 4.37 Å². The molecule has 1 heterocycles. The zero-order valence-corrected chi connectivity index (χ0v) is 9.95. The highest BCUT2D eigenvalue weighted by Gasteiger charge is 2.05. The minimum absolute atomic E-state index is 0.366. The second-order valence-electron chi connectivity index (χ2n) is 3.86. The van der Waals surface area contributed by atoms with Gasteiger partial charge in [0, 0.05) is 6.42 Å². The molecule has 0 aliphatic carbocycles. The Labute approximate surface area is 103 Å². The Bertz CT molecular complexity index is 655. The molecule has 4 heteroatoms. The van der Waals surface area contributed by atoms with Crippen LogP contribution in [0.5, 0.6) is 0 Å². The van der Waals surface area contributed by atoms with E-state index in [1.807, 2.05) is 0 Å². The third kappa shape index (κ3) is 1.99. The van der Waals surface area contributed by atoms with Crippen molar-refractivity contribution in [3.05, 3.63) is 53.0 Å². The maximum absolute atomic E-state index is 5.53. The monoisotopic (exact) mass is 241 g/mol. The lowest BCUT2D eigenvalue weighted by Crippen LogP contribution is -1.91. The molecule has 0 saturated carbocycles. The van der Waals surface area contributed by atoms with E-state index < -0.39 is 0 Å². The van der Waals surface area contributed by atoms with Crippen LogP contribution in [0, 0.1) is 0 Å². The van der Waals surface area contributed by atoms with Crippen molar-refractivity contribution in [3.63, 3.8) is 0 Å². The lowest BCUT2D eigenvalue weighted by Gasteiger charge is -2.03. The summed E-state index contributed by atoms with van der Waals surface area (Å²) in [5, 5.41) is 3.48. The molecular formula is C13H11N3S. The fourth-order valence-electron chi connectivity index (χ4n) is 1.95. The number of nitrogen functional groups attached to an aromatic ring is 1. The highest BCUT2D eigenvalue weighted by molar-refractivity contribution is 7.05. The summed E-state index contributed by atoms with van der Waals surface area (Å²) in [5.74, 6) is 0.366. The SMILES string of the molecule is Nc1nsc(Cc2cccc3ccccc23)n1. The van der Waals surface area contributed by atoms with Gasteiger partial charge in [0.25, 0.3) is 0 Å². The fraction of sp³-hybridized carbons (Fsp3) is 0.0769. The normalized spacial score (nSPS) is 10.8. The predicted octanol–water partition coefficient (Wildman–Crippen LogP) is 2.86. The molecule has 2 aromatic carbocycles. The average molecular weight is 241 g/mol. The lowest BCUT2D eigenvalue weighted by molar-refractivity contribution is 1.15. The third-order valence-corrected chi connectivity index (χ3v) is 3.43. The Morgan fingerprint density at radius 1 is 1.06 bits per heavy atom. The third-order valence-electron chi connectivity index (χ3n) is 2.71. The predicted molar refractivity (Wildman–Crippen MR) is 71.1 cm³/mol. The molecule has 0 unspecified atom stereocenters. The van der Waals surface area contributed by atoms with Crippen molar-refractivity contribution in [2.45, 2.75) is 6.42 Å². The molecule has 0 fully saturated rings. The van der Waals surface area contributed by atoms with Gasteiger partial charge in [0.05, 0.1) is 0 Å². The highest BCUT2D eigenvalue weighted by atomic mass is 32.1. The second-order valence-corrected chi connectivity index (χ2v) is 4.70. The molecule has 0 amide bonds. The smallest absolute Gasteiger partial charge is 0.232 e. The van der Waals surface area contributed by atoms with Gasteiger partial charge in [-0.25, -0.2) is 4.98 Å². The van der Waals surface area contributed by atoms with Crippen molar-refractivity contribution in [1.29, 1.82) is 0 Å². The van der Waals surface area contributed by atoms with E-state index in [1.54, 1.807) is 0 Å². The molecule has 0 saturated heterocycles. The summed E-state index contributed by atoms with van der Waals surface area (Å²) in [4.78, 5) is 4.20. The van der Waals surface area contributed by atoms with Crippen LogP contribution in [0.2, 0.25) is 0 Å². The van der Waals surface area contributed by atoms with Crippen LogP contribution < -0.4 is 5.73 Å². The lowest BCUT2D eigenvalue weighted by atomic mass is 10.0. The number of anilines is 1. The molecule has 0 bridgehead atoms. The first-order valence-corrected chi connectivity index (χ1v) is 6.15. The summed E-state index contributed by atoms with van der Waals surface area (Å²) in [6.07, 6.45) is 0.788. The van der Waals surface area contributed by atoms with Crippen LogP contribution >= 0.6 is 11.5 Å². The second kappa shape index (κ2) is 4.14. The Morgan fingerprint density at radius 3 is 2.71 bits per heavy atom. The van der Waals surface area contributed by atoms with E-state index in [4.69, 9.17) is 5.73 Å². The summed E-state index contributed by atoms with van der Waals surface area (Å²) in [5.41, 5.74) is 6.80. The molecule has 84 valence electrons. The van der Waals surface area contributed by atoms with Gasteiger partial charge in [0.1, 0.15) is 5.01 Å². The van der Waals surface area contributed by atoms with Gasteiger partial charge in [-0.05, 0) is 27.9 Å². The van der Waals surface area contributed by atoms with Crippen molar-refractivity contribution >= 4 is 28.3 Å². The molecular weight excluding hydrogens is 230 g/mol. The first-order valence-electron chi connectivity index (χ1n) is 5.37. The van der Waals surface area contributed by atoms with Crippen LogP contribution in [-0.2, 0) is 6.42 Å². The highest BCUT2D eigenvalue weighted by Crippen LogP contribution is 2.22. The van der Waals surface area contributed by atoms with Crippen LogP contribution in [-0.4, -0.2) is 9.36 Å². The summed E-state index contributed by atoms with van der Waals surface area (Å²) in [6, 6.07) is 14.7. The molecule has 0 atom stereocenters. The molecule has 0 aliphatic rings. The average Bonchev–Trinajstić information content (AvgIpc) is 2.75. The van der Waals surface area contributed by atoms with Crippen molar-refractivity contribution < 1.29 is 0 Å². The molecule has 0 spiro atoms. The van der Waals surface area contributed by atoms with Crippen LogP contribution in [0.25, 0.3) is 10.8 Å². The molecule has 3 rings (SSSR count). The topological polar surface area (TPSA) is 51.8 Å². The Morgan fingerprint density at radius 2 is 1.88 bits per heavy atom. The first-order chi connectivity index (χ1) is 8.33. The van der Waals surface area contributed by atoms with Gasteiger partial charge in [-0.15, -0.1) is 0 Å². The van der Waals surface area contributed by atoms with Gasteiger partial charge < -0.3 is 5.73 Å². The number of hydrogen-bond donors (Lipinski definition) is 1. The number of nitrogens with two attached hydrogens (primary N) is 1. The first kappa shape index (κ1) is 10.2. The maximum Gasteiger partial charge on any atom is 0.232 e.